The van der Waals surface area contributed by atoms with Crippen LogP contribution in [-0.4, -0.2) is 43.9 Å². The van der Waals surface area contributed by atoms with Crippen LogP contribution < -0.4 is 5.32 Å². The number of alkyl carbamates (subject to hydrolysis) is 1. The van der Waals surface area contributed by atoms with E-state index in [1.165, 1.54) is 12.1 Å². The van der Waals surface area contributed by atoms with Gasteiger partial charge in [0, 0.05) is 5.02 Å². The zero-order chi connectivity index (χ0) is 22.6. The standard InChI is InChI=1S/C21H35ClFNO4Si/c1-20(2,3)27-19(26)24-17(11-14-9-15(22)12-16(23)10-14)18(13-25)28-29(7,8)21(4,5)6/h9-10,12,17-18,25H,11,13H2,1-8H3,(H,24,26)/t17-,18+/m0/s1. The molecule has 2 atom stereocenters. The summed E-state index contributed by atoms with van der Waals surface area (Å²) in [6.45, 7) is 15.4. The van der Waals surface area contributed by atoms with E-state index in [-0.39, 0.29) is 23.1 Å². The van der Waals surface area contributed by atoms with Gasteiger partial charge in [-0.3, -0.25) is 0 Å². The predicted molar refractivity (Wildman–Crippen MR) is 117 cm³/mol. The lowest BCUT2D eigenvalue weighted by Gasteiger charge is -2.41. The van der Waals surface area contributed by atoms with E-state index in [1.807, 2.05) is 0 Å². The van der Waals surface area contributed by atoms with E-state index in [1.54, 1.807) is 26.8 Å². The minimum Gasteiger partial charge on any atom is -0.444 e. The first kappa shape index (κ1) is 25.9. The molecule has 2 N–H and O–H groups in total. The molecule has 29 heavy (non-hydrogen) atoms. The second-order valence-electron chi connectivity index (χ2n) is 9.83. The lowest BCUT2D eigenvalue weighted by Crippen LogP contribution is -2.54. The van der Waals surface area contributed by atoms with Gasteiger partial charge < -0.3 is 19.6 Å². The van der Waals surface area contributed by atoms with Crippen LogP contribution in [0.25, 0.3) is 0 Å². The topological polar surface area (TPSA) is 67.8 Å². The van der Waals surface area contributed by atoms with Gasteiger partial charge in [-0.05, 0) is 69.1 Å². The Morgan fingerprint density at radius 2 is 1.79 bits per heavy atom. The maximum Gasteiger partial charge on any atom is 0.407 e. The zero-order valence-corrected chi connectivity index (χ0v) is 20.5. The van der Waals surface area contributed by atoms with Crippen molar-refractivity contribution in [1.82, 2.24) is 5.32 Å². The molecule has 166 valence electrons. The van der Waals surface area contributed by atoms with Gasteiger partial charge in [0.25, 0.3) is 0 Å². The van der Waals surface area contributed by atoms with Gasteiger partial charge >= 0.3 is 6.09 Å². The summed E-state index contributed by atoms with van der Waals surface area (Å²) >= 11 is 5.98. The number of hydrogen-bond acceptors (Lipinski definition) is 4. The number of nitrogens with one attached hydrogen (secondary N) is 1. The van der Waals surface area contributed by atoms with Gasteiger partial charge in [-0.2, -0.15) is 0 Å². The first-order valence-electron chi connectivity index (χ1n) is 9.77. The van der Waals surface area contributed by atoms with Crippen LogP contribution in [0, 0.1) is 5.82 Å². The largest absolute Gasteiger partial charge is 0.444 e. The average molecular weight is 448 g/mol. The maximum atomic E-state index is 13.8. The molecular formula is C21H35ClFNO4Si. The summed E-state index contributed by atoms with van der Waals surface area (Å²) in [5, 5.41) is 13.0. The second-order valence-corrected chi connectivity index (χ2v) is 15.0. The monoisotopic (exact) mass is 447 g/mol. The number of ether oxygens (including phenoxy) is 1. The molecule has 1 rings (SSSR count). The smallest absolute Gasteiger partial charge is 0.407 e. The summed E-state index contributed by atoms with van der Waals surface area (Å²) in [5.41, 5.74) is -0.0838. The lowest BCUT2D eigenvalue weighted by atomic mass is 10.0. The highest BCUT2D eigenvalue weighted by molar-refractivity contribution is 6.74. The van der Waals surface area contributed by atoms with E-state index in [0.717, 1.165) is 0 Å². The van der Waals surface area contributed by atoms with Crippen molar-refractivity contribution in [3.05, 3.63) is 34.6 Å². The van der Waals surface area contributed by atoms with Crippen molar-refractivity contribution in [1.29, 1.82) is 0 Å². The number of carbonyl (C=O) groups is 1. The molecule has 8 heteroatoms. The molecular weight excluding hydrogens is 413 g/mol. The summed E-state index contributed by atoms with van der Waals surface area (Å²) in [7, 11) is -2.24. The third-order valence-corrected chi connectivity index (χ3v) is 9.68. The van der Waals surface area contributed by atoms with Crippen LogP contribution in [0.15, 0.2) is 18.2 Å². The van der Waals surface area contributed by atoms with E-state index in [9.17, 15) is 14.3 Å². The number of halogens is 2. The van der Waals surface area contributed by atoms with Crippen LogP contribution in [0.2, 0.25) is 23.2 Å². The van der Waals surface area contributed by atoms with Crippen molar-refractivity contribution in [2.45, 2.75) is 83.8 Å². The van der Waals surface area contributed by atoms with E-state index >= 15 is 0 Å². The summed E-state index contributed by atoms with van der Waals surface area (Å²) in [4.78, 5) is 12.4. The molecule has 0 bridgehead atoms. The number of benzene rings is 1. The quantitative estimate of drug-likeness (QED) is 0.556. The first-order valence-corrected chi connectivity index (χ1v) is 13.1. The molecule has 1 aromatic rings. The van der Waals surface area contributed by atoms with Crippen molar-refractivity contribution in [2.75, 3.05) is 6.61 Å². The van der Waals surface area contributed by atoms with Gasteiger partial charge in [-0.15, -0.1) is 0 Å². The van der Waals surface area contributed by atoms with Gasteiger partial charge in [-0.25, -0.2) is 9.18 Å². The van der Waals surface area contributed by atoms with Gasteiger partial charge in [0.1, 0.15) is 11.4 Å². The number of aliphatic hydroxyl groups excluding tert-OH is 1. The van der Waals surface area contributed by atoms with Crippen molar-refractivity contribution in [3.8, 4) is 0 Å². The highest BCUT2D eigenvalue weighted by Crippen LogP contribution is 2.37. The third-order valence-electron chi connectivity index (χ3n) is 4.96. The Morgan fingerprint density at radius 3 is 2.24 bits per heavy atom. The fourth-order valence-electron chi connectivity index (χ4n) is 2.52. The predicted octanol–water partition coefficient (Wildman–Crippen LogP) is 5.30. The van der Waals surface area contributed by atoms with Crippen LogP contribution in [0.5, 0.6) is 0 Å². The second kappa shape index (κ2) is 9.77. The summed E-state index contributed by atoms with van der Waals surface area (Å²) in [6.07, 6.45) is -1.07. The normalized spacial score (nSPS) is 15.0. The first-order chi connectivity index (χ1) is 13.0. The molecule has 0 aromatic heterocycles. The highest BCUT2D eigenvalue weighted by atomic mass is 35.5. The third kappa shape index (κ3) is 8.62. The van der Waals surface area contributed by atoms with Crippen molar-refractivity contribution < 1.29 is 23.5 Å². The summed E-state index contributed by atoms with van der Waals surface area (Å²) in [5.74, 6) is -0.464. The van der Waals surface area contributed by atoms with Crippen LogP contribution >= 0.6 is 11.6 Å². The Labute approximate surface area is 180 Å². The molecule has 0 heterocycles. The molecule has 0 radical (unpaired) electrons. The van der Waals surface area contributed by atoms with Gasteiger partial charge in [0.2, 0.25) is 0 Å². The van der Waals surface area contributed by atoms with E-state index in [0.29, 0.717) is 5.56 Å². The molecule has 0 aliphatic rings. The van der Waals surface area contributed by atoms with Crippen LogP contribution in [-0.2, 0) is 15.6 Å². The summed E-state index contributed by atoms with van der Waals surface area (Å²) in [6, 6.07) is 3.59. The van der Waals surface area contributed by atoms with E-state index in [4.69, 9.17) is 20.8 Å². The van der Waals surface area contributed by atoms with Crippen molar-refractivity contribution in [3.63, 3.8) is 0 Å². The lowest BCUT2D eigenvalue weighted by molar-refractivity contribution is 0.0350. The van der Waals surface area contributed by atoms with Crippen molar-refractivity contribution >= 4 is 26.0 Å². The molecule has 0 saturated heterocycles. The van der Waals surface area contributed by atoms with Crippen LogP contribution in [0.1, 0.15) is 47.1 Å². The van der Waals surface area contributed by atoms with Crippen LogP contribution in [0.4, 0.5) is 9.18 Å². The Hall–Kier alpha value is -1.15. The molecule has 0 fully saturated rings. The number of amides is 1. The molecule has 5 nitrogen and oxygen atoms in total. The van der Waals surface area contributed by atoms with Gasteiger partial charge in [0.15, 0.2) is 8.32 Å². The molecule has 1 amide bonds. The number of rotatable bonds is 7. The minimum atomic E-state index is -2.24. The highest BCUT2D eigenvalue weighted by Gasteiger charge is 2.41. The molecule has 0 aliphatic heterocycles. The fraction of sp³-hybridized carbons (Fsp3) is 0.667. The van der Waals surface area contributed by atoms with E-state index in [2.05, 4.69) is 39.2 Å². The van der Waals surface area contributed by atoms with Crippen LogP contribution in [0.3, 0.4) is 0 Å². The van der Waals surface area contributed by atoms with Crippen molar-refractivity contribution in [2.24, 2.45) is 0 Å². The Bertz CT molecular complexity index is 681. The Morgan fingerprint density at radius 1 is 1.21 bits per heavy atom. The SMILES string of the molecule is CC(C)(C)OC(=O)N[C@@H](Cc1cc(F)cc(Cl)c1)[C@@H](CO)O[Si](C)(C)C(C)(C)C. The Balaban J connectivity index is 3.17. The van der Waals surface area contributed by atoms with E-state index < -0.39 is 38.0 Å². The van der Waals surface area contributed by atoms with Gasteiger partial charge in [0.05, 0.1) is 18.8 Å². The molecule has 0 spiro atoms. The summed E-state index contributed by atoms with van der Waals surface area (Å²) < 4.78 is 25.5. The Kier molecular flexibility index (Phi) is 8.72. The maximum absolute atomic E-state index is 13.8. The number of hydrogen-bond donors (Lipinski definition) is 2. The number of carbonyl (C=O) groups excluding carboxylic acids is 1. The molecule has 0 unspecified atom stereocenters. The zero-order valence-electron chi connectivity index (χ0n) is 18.7. The minimum absolute atomic E-state index is 0.0843. The molecule has 0 aliphatic carbocycles. The molecule has 0 saturated carbocycles. The van der Waals surface area contributed by atoms with Gasteiger partial charge in [-0.1, -0.05) is 32.4 Å². The molecule has 1 aromatic carbocycles. The average Bonchev–Trinajstić information content (AvgIpc) is 2.48. The fourth-order valence-corrected chi connectivity index (χ4v) is 4.11. The number of aliphatic hydroxyl groups is 1.